The Balaban J connectivity index is 1.76. The molecule has 1 aromatic heterocycles. The minimum Gasteiger partial charge on any atom is -0.355 e. The van der Waals surface area contributed by atoms with E-state index in [1.807, 2.05) is 12.1 Å². The molecule has 2 rings (SSSR count). The van der Waals surface area contributed by atoms with Crippen LogP contribution in [0.4, 0.5) is 0 Å². The molecule has 1 atom stereocenters. The number of hydrogen-bond acceptors (Lipinski definition) is 4. The predicted octanol–water partition coefficient (Wildman–Crippen LogP) is 1.60. The van der Waals surface area contributed by atoms with Crippen molar-refractivity contribution >= 4 is 43.0 Å². The summed E-state index contributed by atoms with van der Waals surface area (Å²) in [5, 5.41) is 2.81. The van der Waals surface area contributed by atoms with Crippen molar-refractivity contribution in [3.05, 3.63) is 20.8 Å². The molecule has 1 fully saturated rings. The van der Waals surface area contributed by atoms with E-state index in [0.29, 0.717) is 13.0 Å². The molecule has 1 amide bonds. The third-order valence-corrected chi connectivity index (χ3v) is 6.35. The van der Waals surface area contributed by atoms with Crippen LogP contribution in [0.2, 0.25) is 0 Å². The molecule has 1 aliphatic heterocycles. The predicted molar refractivity (Wildman–Crippen MR) is 75.5 cm³/mol. The van der Waals surface area contributed by atoms with Crippen molar-refractivity contribution in [3.8, 4) is 0 Å². The van der Waals surface area contributed by atoms with Crippen molar-refractivity contribution in [1.29, 1.82) is 0 Å². The second-order valence-corrected chi connectivity index (χ2v) is 9.12. The second kappa shape index (κ2) is 5.71. The normalized spacial score (nSPS) is 21.9. The fourth-order valence-electron chi connectivity index (χ4n) is 1.94. The maximum atomic E-state index is 11.7. The molecular weight excluding hydrogens is 338 g/mol. The van der Waals surface area contributed by atoms with E-state index in [2.05, 4.69) is 21.2 Å². The Bertz CT molecular complexity index is 538. The molecule has 0 saturated carbocycles. The van der Waals surface area contributed by atoms with Crippen molar-refractivity contribution in [2.24, 2.45) is 5.92 Å². The Hall–Kier alpha value is -0.400. The zero-order chi connectivity index (χ0) is 13.2. The van der Waals surface area contributed by atoms with Gasteiger partial charge in [0.05, 0.1) is 21.2 Å². The van der Waals surface area contributed by atoms with Crippen LogP contribution in [0, 0.1) is 5.92 Å². The van der Waals surface area contributed by atoms with Gasteiger partial charge in [-0.05, 0) is 40.9 Å². The fourth-order valence-corrected chi connectivity index (χ4v) is 5.17. The number of amides is 1. The van der Waals surface area contributed by atoms with Gasteiger partial charge in [-0.15, -0.1) is 11.3 Å². The lowest BCUT2D eigenvalue weighted by Gasteiger charge is -2.08. The van der Waals surface area contributed by atoms with Crippen molar-refractivity contribution in [2.75, 3.05) is 18.1 Å². The minimum atomic E-state index is -2.98. The summed E-state index contributed by atoms with van der Waals surface area (Å²) in [4.78, 5) is 12.9. The Morgan fingerprint density at radius 3 is 2.83 bits per heavy atom. The van der Waals surface area contributed by atoms with Crippen LogP contribution in [0.25, 0.3) is 0 Å². The quantitative estimate of drug-likeness (QED) is 0.895. The Labute approximate surface area is 119 Å². The summed E-state index contributed by atoms with van der Waals surface area (Å²) in [6, 6.07) is 3.99. The average Bonchev–Trinajstić information content (AvgIpc) is 2.85. The number of nitrogens with one attached hydrogen (secondary N) is 1. The smallest absolute Gasteiger partial charge is 0.224 e. The van der Waals surface area contributed by atoms with E-state index in [9.17, 15) is 13.2 Å². The van der Waals surface area contributed by atoms with Crippen LogP contribution in [0.5, 0.6) is 0 Å². The van der Waals surface area contributed by atoms with E-state index < -0.39 is 9.84 Å². The number of thiophene rings is 1. The van der Waals surface area contributed by atoms with Crippen molar-refractivity contribution in [3.63, 3.8) is 0 Å². The molecule has 1 N–H and O–H groups in total. The topological polar surface area (TPSA) is 63.2 Å². The van der Waals surface area contributed by atoms with Crippen LogP contribution in [-0.2, 0) is 21.1 Å². The summed E-state index contributed by atoms with van der Waals surface area (Å²) in [6.45, 7) is 0.558. The first-order valence-electron chi connectivity index (χ1n) is 5.69. The van der Waals surface area contributed by atoms with E-state index in [-0.39, 0.29) is 23.3 Å². The first kappa shape index (κ1) is 14.0. The summed E-state index contributed by atoms with van der Waals surface area (Å²) in [6.07, 6.45) is 1.24. The van der Waals surface area contributed by atoms with Gasteiger partial charge in [0.1, 0.15) is 0 Å². The zero-order valence-electron chi connectivity index (χ0n) is 9.69. The molecule has 100 valence electrons. The summed E-state index contributed by atoms with van der Waals surface area (Å²) in [5.41, 5.74) is 0. The maximum Gasteiger partial charge on any atom is 0.224 e. The average molecular weight is 352 g/mol. The van der Waals surface area contributed by atoms with Crippen LogP contribution in [-0.4, -0.2) is 32.4 Å². The molecule has 0 aliphatic carbocycles. The Kier molecular flexibility index (Phi) is 4.45. The Morgan fingerprint density at radius 2 is 2.28 bits per heavy atom. The molecule has 2 heterocycles. The van der Waals surface area contributed by atoms with Crippen LogP contribution in [0.3, 0.4) is 0 Å². The molecule has 7 heteroatoms. The summed E-state index contributed by atoms with van der Waals surface area (Å²) >= 11 is 5.02. The van der Waals surface area contributed by atoms with Gasteiger partial charge in [-0.1, -0.05) is 0 Å². The molecular formula is C11H14BrNO3S2. The van der Waals surface area contributed by atoms with Gasteiger partial charge in [-0.3, -0.25) is 4.79 Å². The summed E-state index contributed by atoms with van der Waals surface area (Å²) in [5.74, 6) is -0.344. The first-order chi connectivity index (χ1) is 8.46. The number of carbonyl (C=O) groups is 1. The highest BCUT2D eigenvalue weighted by atomic mass is 79.9. The molecule has 1 saturated heterocycles. The van der Waals surface area contributed by atoms with Gasteiger partial charge in [0.25, 0.3) is 0 Å². The lowest BCUT2D eigenvalue weighted by molar-refractivity contribution is -0.124. The third kappa shape index (κ3) is 3.80. The molecule has 4 nitrogen and oxygen atoms in total. The monoisotopic (exact) mass is 351 g/mol. The molecule has 1 aromatic rings. The van der Waals surface area contributed by atoms with Crippen LogP contribution >= 0.6 is 27.3 Å². The molecule has 0 bridgehead atoms. The SMILES string of the molecule is O=C(NCCc1ccc(Br)s1)C1CCS(=O)(=O)C1. The van der Waals surface area contributed by atoms with E-state index in [4.69, 9.17) is 0 Å². The number of carbonyl (C=O) groups excluding carboxylic acids is 1. The van der Waals surface area contributed by atoms with Gasteiger partial charge in [0.2, 0.25) is 5.91 Å². The van der Waals surface area contributed by atoms with Gasteiger partial charge in [-0.2, -0.15) is 0 Å². The highest BCUT2D eigenvalue weighted by Crippen LogP contribution is 2.22. The molecule has 0 spiro atoms. The molecule has 0 aromatic carbocycles. The highest BCUT2D eigenvalue weighted by Gasteiger charge is 2.32. The molecule has 1 aliphatic rings. The van der Waals surface area contributed by atoms with Crippen LogP contribution < -0.4 is 5.32 Å². The zero-order valence-corrected chi connectivity index (χ0v) is 12.9. The van der Waals surface area contributed by atoms with Crippen molar-refractivity contribution in [2.45, 2.75) is 12.8 Å². The highest BCUT2D eigenvalue weighted by molar-refractivity contribution is 9.11. The molecule has 0 radical (unpaired) electrons. The van der Waals surface area contributed by atoms with Gasteiger partial charge >= 0.3 is 0 Å². The third-order valence-electron chi connectivity index (χ3n) is 2.90. The van der Waals surface area contributed by atoms with Crippen molar-refractivity contribution < 1.29 is 13.2 Å². The lowest BCUT2D eigenvalue weighted by atomic mass is 10.1. The lowest BCUT2D eigenvalue weighted by Crippen LogP contribution is -2.32. The number of sulfone groups is 1. The summed E-state index contributed by atoms with van der Waals surface area (Å²) in [7, 11) is -2.98. The maximum absolute atomic E-state index is 11.7. The molecule has 1 unspecified atom stereocenters. The minimum absolute atomic E-state index is 0.00336. The Morgan fingerprint density at radius 1 is 1.50 bits per heavy atom. The summed E-state index contributed by atoms with van der Waals surface area (Å²) < 4.78 is 23.6. The first-order valence-corrected chi connectivity index (χ1v) is 9.12. The van der Waals surface area contributed by atoms with Gasteiger partial charge in [0.15, 0.2) is 9.84 Å². The van der Waals surface area contributed by atoms with Gasteiger partial charge < -0.3 is 5.32 Å². The van der Waals surface area contributed by atoms with Crippen LogP contribution in [0.1, 0.15) is 11.3 Å². The largest absolute Gasteiger partial charge is 0.355 e. The van der Waals surface area contributed by atoms with Gasteiger partial charge in [0, 0.05) is 11.4 Å². The van der Waals surface area contributed by atoms with Gasteiger partial charge in [-0.25, -0.2) is 8.42 Å². The van der Waals surface area contributed by atoms with Crippen molar-refractivity contribution in [1.82, 2.24) is 5.32 Å². The van der Waals surface area contributed by atoms with E-state index in [1.165, 1.54) is 4.88 Å². The second-order valence-electron chi connectivity index (χ2n) is 4.35. The number of rotatable bonds is 4. The fraction of sp³-hybridized carbons (Fsp3) is 0.545. The number of halogens is 1. The number of hydrogen-bond donors (Lipinski definition) is 1. The van der Waals surface area contributed by atoms with E-state index >= 15 is 0 Å². The van der Waals surface area contributed by atoms with E-state index in [1.54, 1.807) is 11.3 Å². The standard InChI is InChI=1S/C11H14BrNO3S2/c12-10-2-1-9(17-10)3-5-13-11(14)8-4-6-18(15,16)7-8/h1-2,8H,3-7H2,(H,13,14). The van der Waals surface area contributed by atoms with E-state index in [0.717, 1.165) is 10.2 Å². The van der Waals surface area contributed by atoms with Crippen LogP contribution in [0.15, 0.2) is 15.9 Å². The molecule has 18 heavy (non-hydrogen) atoms.